The van der Waals surface area contributed by atoms with Crippen LogP contribution >= 0.6 is 0 Å². The van der Waals surface area contributed by atoms with E-state index in [0.717, 1.165) is 6.26 Å². The zero-order valence-electron chi connectivity index (χ0n) is 16.9. The molecule has 3 aliphatic rings. The second-order valence-electron chi connectivity index (χ2n) is 6.51. The smallest absolute Gasteiger partial charge is 0.222 e. The summed E-state index contributed by atoms with van der Waals surface area (Å²) < 4.78 is 14.2. The quantitative estimate of drug-likeness (QED) is 0.208. The molecule has 32 heavy (non-hydrogen) atoms. The van der Waals surface area contributed by atoms with Crippen LogP contribution in [0.3, 0.4) is 0 Å². The van der Waals surface area contributed by atoms with Crippen molar-refractivity contribution in [3.05, 3.63) is 23.9 Å². The zero-order valence-corrected chi connectivity index (χ0v) is 16.9. The largest absolute Gasteiger partial charge is 0.504 e. The number of carbonyl (C=O) groups is 3. The van der Waals surface area contributed by atoms with Crippen LogP contribution in [0, 0.1) is 0 Å². The number of aliphatic hydroxyl groups excluding tert-OH is 7. The van der Waals surface area contributed by atoms with Crippen molar-refractivity contribution in [2.24, 2.45) is 0 Å². The third-order valence-electron chi connectivity index (χ3n) is 4.17. The lowest BCUT2D eigenvalue weighted by Gasteiger charge is -2.29. The number of Topliss-reactive ketones (excluding diaryl/α,β-unsaturated/α-hetero) is 3. The van der Waals surface area contributed by atoms with E-state index in [1.54, 1.807) is 0 Å². The van der Waals surface area contributed by atoms with Gasteiger partial charge in [-0.2, -0.15) is 0 Å². The fraction of sp³-hybridized carbons (Fsp3) is 0.611. The van der Waals surface area contributed by atoms with E-state index in [-0.39, 0.29) is 55.6 Å². The lowest BCUT2D eigenvalue weighted by atomic mass is 10.0. The Labute approximate surface area is 181 Å². The average molecular weight is 468 g/mol. The Morgan fingerprint density at radius 1 is 0.875 bits per heavy atom. The number of hydrogen-bond donors (Lipinski definition) is 7. The molecule has 5 atom stereocenters. The van der Waals surface area contributed by atoms with Gasteiger partial charge in [0.15, 0.2) is 17.3 Å². The van der Waals surface area contributed by atoms with E-state index in [1.165, 1.54) is 6.08 Å². The van der Waals surface area contributed by atoms with Crippen LogP contribution in [-0.2, 0) is 28.6 Å². The normalized spacial score (nSPS) is 29.7. The maximum atomic E-state index is 10.7. The fourth-order valence-corrected chi connectivity index (χ4v) is 2.30. The summed E-state index contributed by atoms with van der Waals surface area (Å²) in [5.41, 5.74) is 0. The van der Waals surface area contributed by atoms with Gasteiger partial charge in [-0.3, -0.25) is 14.4 Å². The van der Waals surface area contributed by atoms with Gasteiger partial charge in [-0.15, -0.1) is 0 Å². The van der Waals surface area contributed by atoms with Crippen molar-refractivity contribution >= 4 is 17.3 Å². The van der Waals surface area contributed by atoms with Crippen LogP contribution in [-0.4, -0.2) is 122 Å². The molecule has 0 aromatic carbocycles. The highest BCUT2D eigenvalue weighted by atomic mass is 16.5. The van der Waals surface area contributed by atoms with Gasteiger partial charge in [0.25, 0.3) is 0 Å². The van der Waals surface area contributed by atoms with Crippen molar-refractivity contribution < 1.29 is 69.8 Å². The Hall–Kier alpha value is -2.43. The molecule has 1 fully saturated rings. The van der Waals surface area contributed by atoms with Crippen molar-refractivity contribution in [2.45, 2.75) is 36.9 Å². The van der Waals surface area contributed by atoms with E-state index >= 15 is 0 Å². The Morgan fingerprint density at radius 2 is 1.53 bits per heavy atom. The highest BCUT2D eigenvalue weighted by Crippen LogP contribution is 2.12. The second kappa shape index (κ2) is 14.6. The summed E-state index contributed by atoms with van der Waals surface area (Å²) in [4.78, 5) is 31.8. The second-order valence-corrected chi connectivity index (χ2v) is 6.51. The molecular formula is C18H28O14. The molecule has 3 rings (SSSR count). The highest BCUT2D eigenvalue weighted by Gasteiger charge is 2.36. The minimum Gasteiger partial charge on any atom is -0.504 e. The molecule has 184 valence electrons. The lowest BCUT2D eigenvalue weighted by molar-refractivity contribution is -0.170. The van der Waals surface area contributed by atoms with Crippen molar-refractivity contribution in [1.29, 1.82) is 0 Å². The Bertz CT molecular complexity index is 687. The van der Waals surface area contributed by atoms with Gasteiger partial charge in [-0.25, -0.2) is 0 Å². The molecule has 0 aliphatic carbocycles. The predicted molar refractivity (Wildman–Crippen MR) is 102 cm³/mol. The van der Waals surface area contributed by atoms with E-state index in [1.807, 2.05) is 0 Å². The molecule has 14 nitrogen and oxygen atoms in total. The molecule has 0 spiro atoms. The predicted octanol–water partition coefficient (Wildman–Crippen LogP) is -4.03. The van der Waals surface area contributed by atoms with Crippen LogP contribution in [0.25, 0.3) is 0 Å². The first-order valence-corrected chi connectivity index (χ1v) is 9.10. The van der Waals surface area contributed by atoms with Gasteiger partial charge >= 0.3 is 0 Å². The molecule has 14 heteroatoms. The van der Waals surface area contributed by atoms with E-state index in [2.05, 4.69) is 0 Å². The number of carbonyl (C=O) groups excluding carboxylic acids is 3. The zero-order chi connectivity index (χ0) is 23.6. The minimum absolute atomic E-state index is 0. The molecule has 0 saturated carbocycles. The van der Waals surface area contributed by atoms with Crippen LogP contribution in [0.5, 0.6) is 0 Å². The first-order chi connectivity index (χ1) is 14.6. The molecule has 0 amide bonds. The highest BCUT2D eigenvalue weighted by molar-refractivity contribution is 5.94. The SMILES string of the molecule is O.O=C1CC(CO)OC=C1O.O=C1COC(CO)C=C1O.O=C1COC(CO)[C@@H](O)[C@H]1O. The summed E-state index contributed by atoms with van der Waals surface area (Å²) in [6.07, 6.45) is -2.36. The molecule has 9 N–H and O–H groups in total. The van der Waals surface area contributed by atoms with Crippen LogP contribution in [0.2, 0.25) is 0 Å². The number of ketones is 3. The molecule has 3 aliphatic heterocycles. The number of hydrogen-bond acceptors (Lipinski definition) is 13. The average Bonchev–Trinajstić information content (AvgIpc) is 2.77. The van der Waals surface area contributed by atoms with Crippen LogP contribution in [0.1, 0.15) is 6.42 Å². The number of ether oxygens (including phenoxy) is 3. The molecule has 0 aromatic rings. The first kappa shape index (κ1) is 29.6. The van der Waals surface area contributed by atoms with Gasteiger partial charge in [0.1, 0.15) is 50.0 Å². The molecule has 0 radical (unpaired) electrons. The van der Waals surface area contributed by atoms with Crippen LogP contribution in [0.4, 0.5) is 0 Å². The Kier molecular flexibility index (Phi) is 13.5. The van der Waals surface area contributed by atoms with Crippen molar-refractivity contribution in [1.82, 2.24) is 0 Å². The summed E-state index contributed by atoms with van der Waals surface area (Å²) in [7, 11) is 0. The van der Waals surface area contributed by atoms with Crippen molar-refractivity contribution in [3.63, 3.8) is 0 Å². The van der Waals surface area contributed by atoms with Gasteiger partial charge in [0.05, 0.1) is 26.2 Å². The Balaban J connectivity index is 0.000000444. The molecule has 3 unspecified atom stereocenters. The molecule has 0 bridgehead atoms. The van der Waals surface area contributed by atoms with Gasteiger partial charge in [-0.1, -0.05) is 0 Å². The van der Waals surface area contributed by atoms with E-state index in [9.17, 15) is 14.4 Å². The van der Waals surface area contributed by atoms with E-state index in [4.69, 9.17) is 50.0 Å². The minimum atomic E-state index is -1.42. The van der Waals surface area contributed by atoms with Gasteiger partial charge in [-0.05, 0) is 6.08 Å². The number of aliphatic hydroxyl groups is 7. The maximum absolute atomic E-state index is 10.7. The summed E-state index contributed by atoms with van der Waals surface area (Å²) in [6.45, 7) is -1.20. The van der Waals surface area contributed by atoms with Gasteiger partial charge < -0.3 is 55.4 Å². The third kappa shape index (κ3) is 8.97. The van der Waals surface area contributed by atoms with Gasteiger partial charge in [0, 0.05) is 0 Å². The fourth-order valence-electron chi connectivity index (χ4n) is 2.30. The standard InChI is InChI=1S/C6H10O5.2C6H8O4.H2O/c7-1-4-6(10)5(9)3(8)2-11-4;2*7-2-4-1-5(8)6(9)3-10-4;/h4-7,9-10H,1-2H2;3-4,7,9H,1-2H2;1,4,7-8H,2-3H2;1H2/t4?,5-,6+;;;/m0.../s1. The summed E-state index contributed by atoms with van der Waals surface area (Å²) >= 11 is 0. The van der Waals surface area contributed by atoms with Crippen LogP contribution < -0.4 is 0 Å². The number of rotatable bonds is 3. The van der Waals surface area contributed by atoms with Gasteiger partial charge in [0.2, 0.25) is 11.6 Å². The van der Waals surface area contributed by atoms with E-state index < -0.39 is 48.7 Å². The molecule has 3 heterocycles. The molecule has 1 saturated heterocycles. The summed E-state index contributed by atoms with van der Waals surface area (Å²) in [6, 6.07) is 0. The summed E-state index contributed by atoms with van der Waals surface area (Å²) in [5, 5.41) is 61.1. The van der Waals surface area contributed by atoms with Crippen molar-refractivity contribution in [2.75, 3.05) is 33.0 Å². The lowest BCUT2D eigenvalue weighted by Crippen LogP contribution is -2.51. The monoisotopic (exact) mass is 468 g/mol. The Morgan fingerprint density at radius 3 is 2.03 bits per heavy atom. The van der Waals surface area contributed by atoms with Crippen molar-refractivity contribution in [3.8, 4) is 0 Å². The topological polar surface area (TPSA) is 252 Å². The molecular weight excluding hydrogens is 440 g/mol. The number of allylic oxidation sites excluding steroid dienone is 1. The first-order valence-electron chi connectivity index (χ1n) is 9.10. The van der Waals surface area contributed by atoms with E-state index in [0.29, 0.717) is 0 Å². The summed E-state index contributed by atoms with van der Waals surface area (Å²) in [5.74, 6) is -2.06. The third-order valence-corrected chi connectivity index (χ3v) is 4.17. The van der Waals surface area contributed by atoms with Crippen LogP contribution in [0.15, 0.2) is 23.9 Å². The molecule has 0 aromatic heterocycles. The maximum Gasteiger partial charge on any atom is 0.222 e.